The summed E-state index contributed by atoms with van der Waals surface area (Å²) in [5.74, 6) is 0.935. The molecule has 2 aromatic rings. The van der Waals surface area contributed by atoms with Gasteiger partial charge >= 0.3 is 0 Å². The molecule has 0 saturated carbocycles. The van der Waals surface area contributed by atoms with Gasteiger partial charge in [0.2, 0.25) is 0 Å². The third-order valence-electron chi connectivity index (χ3n) is 2.52. The van der Waals surface area contributed by atoms with Crippen LogP contribution >= 0.6 is 0 Å². The number of carbonyl (C=O) groups is 1. The van der Waals surface area contributed by atoms with Gasteiger partial charge in [0.05, 0.1) is 6.26 Å². The van der Waals surface area contributed by atoms with Crippen LogP contribution in [0, 0.1) is 0 Å². The molecule has 2 rings (SSSR count). The van der Waals surface area contributed by atoms with Crippen molar-refractivity contribution in [3.05, 3.63) is 36.3 Å². The molecule has 0 fully saturated rings. The summed E-state index contributed by atoms with van der Waals surface area (Å²) < 4.78 is 4.99. The van der Waals surface area contributed by atoms with Gasteiger partial charge in [0.25, 0.3) is 5.91 Å². The Labute approximate surface area is 117 Å². The van der Waals surface area contributed by atoms with Crippen LogP contribution in [0.1, 0.15) is 10.6 Å². The summed E-state index contributed by atoms with van der Waals surface area (Å²) in [6.07, 6.45) is 1.44. The molecule has 7 heteroatoms. The van der Waals surface area contributed by atoms with E-state index < -0.39 is 0 Å². The van der Waals surface area contributed by atoms with Crippen molar-refractivity contribution < 1.29 is 9.21 Å². The normalized spacial score (nSPS) is 10.6. The highest BCUT2D eigenvalue weighted by atomic mass is 16.3. The molecular formula is C13H17N5O2. The zero-order valence-electron chi connectivity index (χ0n) is 11.5. The summed E-state index contributed by atoms with van der Waals surface area (Å²) in [5.41, 5.74) is 0. The first-order chi connectivity index (χ1) is 9.65. The number of furan rings is 1. The largest absolute Gasteiger partial charge is 0.459 e. The second-order valence-corrected chi connectivity index (χ2v) is 4.47. The van der Waals surface area contributed by atoms with Crippen molar-refractivity contribution in [1.82, 2.24) is 15.1 Å². The van der Waals surface area contributed by atoms with Gasteiger partial charge in [-0.15, -0.1) is 10.2 Å². The molecule has 0 radical (unpaired) electrons. The molecule has 2 N–H and O–H groups in total. The number of hydrogen-bond donors (Lipinski definition) is 2. The quantitative estimate of drug-likeness (QED) is 0.826. The predicted octanol–water partition coefficient (Wildman–Crippen LogP) is 1.30. The van der Waals surface area contributed by atoms with Crippen molar-refractivity contribution in [2.75, 3.05) is 37.8 Å². The van der Waals surface area contributed by atoms with E-state index >= 15 is 0 Å². The Morgan fingerprint density at radius 1 is 1.25 bits per heavy atom. The van der Waals surface area contributed by atoms with Crippen molar-refractivity contribution in [2.24, 2.45) is 0 Å². The Hall–Kier alpha value is -2.41. The van der Waals surface area contributed by atoms with Crippen molar-refractivity contribution in [3.63, 3.8) is 0 Å². The first-order valence-corrected chi connectivity index (χ1v) is 6.22. The first-order valence-electron chi connectivity index (χ1n) is 6.22. The van der Waals surface area contributed by atoms with E-state index in [4.69, 9.17) is 4.42 Å². The van der Waals surface area contributed by atoms with Crippen molar-refractivity contribution in [2.45, 2.75) is 0 Å². The standard InChI is InChI=1S/C13H17N5O2/c1-18(2)8-7-14-11-5-6-12(17-16-11)15-13(19)10-4-3-9-20-10/h3-6,9H,7-8H2,1-2H3,(H,14,16)(H,15,17,19). The van der Waals surface area contributed by atoms with Gasteiger partial charge in [0, 0.05) is 13.1 Å². The number of nitrogens with zero attached hydrogens (tertiary/aromatic N) is 3. The van der Waals surface area contributed by atoms with E-state index in [-0.39, 0.29) is 11.7 Å². The van der Waals surface area contributed by atoms with Gasteiger partial charge in [0.1, 0.15) is 5.82 Å². The molecule has 0 aliphatic heterocycles. The maximum atomic E-state index is 11.7. The third kappa shape index (κ3) is 4.06. The molecule has 2 aromatic heterocycles. The molecule has 0 atom stereocenters. The molecule has 2 heterocycles. The van der Waals surface area contributed by atoms with Gasteiger partial charge in [-0.1, -0.05) is 0 Å². The van der Waals surface area contributed by atoms with E-state index in [0.717, 1.165) is 13.1 Å². The minimum absolute atomic E-state index is 0.236. The Bertz CT molecular complexity index is 536. The number of amides is 1. The first kappa shape index (κ1) is 14.0. The minimum atomic E-state index is -0.349. The van der Waals surface area contributed by atoms with Crippen LogP contribution in [0.5, 0.6) is 0 Å². The van der Waals surface area contributed by atoms with E-state index in [9.17, 15) is 4.79 Å². The Balaban J connectivity index is 1.87. The van der Waals surface area contributed by atoms with Gasteiger partial charge in [-0.2, -0.15) is 0 Å². The average molecular weight is 275 g/mol. The lowest BCUT2D eigenvalue weighted by Gasteiger charge is -2.10. The number of rotatable bonds is 6. The summed E-state index contributed by atoms with van der Waals surface area (Å²) in [4.78, 5) is 13.8. The lowest BCUT2D eigenvalue weighted by Crippen LogP contribution is -2.21. The molecule has 0 spiro atoms. The van der Waals surface area contributed by atoms with E-state index in [1.807, 2.05) is 14.1 Å². The van der Waals surface area contributed by atoms with Crippen molar-refractivity contribution in [1.29, 1.82) is 0 Å². The molecular weight excluding hydrogens is 258 g/mol. The van der Waals surface area contributed by atoms with Crippen molar-refractivity contribution in [3.8, 4) is 0 Å². The summed E-state index contributed by atoms with van der Waals surface area (Å²) in [7, 11) is 4.00. The third-order valence-corrected chi connectivity index (χ3v) is 2.52. The van der Waals surface area contributed by atoms with Crippen LogP contribution in [0.2, 0.25) is 0 Å². The zero-order chi connectivity index (χ0) is 14.4. The summed E-state index contributed by atoms with van der Waals surface area (Å²) in [5, 5.41) is 13.7. The second kappa shape index (κ2) is 6.67. The lowest BCUT2D eigenvalue weighted by molar-refractivity contribution is 0.0996. The molecule has 0 aromatic carbocycles. The Morgan fingerprint density at radius 2 is 2.00 bits per heavy atom. The maximum Gasteiger partial charge on any atom is 0.292 e. The number of aromatic nitrogens is 2. The summed E-state index contributed by atoms with van der Waals surface area (Å²) >= 11 is 0. The second-order valence-electron chi connectivity index (χ2n) is 4.47. The van der Waals surface area contributed by atoms with E-state index in [0.29, 0.717) is 11.6 Å². The maximum absolute atomic E-state index is 11.7. The van der Waals surface area contributed by atoms with Crippen LogP contribution in [0.3, 0.4) is 0 Å². The minimum Gasteiger partial charge on any atom is -0.459 e. The van der Waals surface area contributed by atoms with Gasteiger partial charge < -0.3 is 20.0 Å². The van der Waals surface area contributed by atoms with Gasteiger partial charge in [-0.25, -0.2) is 0 Å². The predicted molar refractivity (Wildman–Crippen MR) is 75.7 cm³/mol. The average Bonchev–Trinajstić information content (AvgIpc) is 2.94. The molecule has 0 unspecified atom stereocenters. The lowest BCUT2D eigenvalue weighted by atomic mass is 10.4. The van der Waals surface area contributed by atoms with Gasteiger partial charge in [-0.3, -0.25) is 4.79 Å². The number of hydrogen-bond acceptors (Lipinski definition) is 6. The van der Waals surface area contributed by atoms with E-state index in [1.54, 1.807) is 24.3 Å². The van der Waals surface area contributed by atoms with E-state index in [2.05, 4.69) is 25.7 Å². The van der Waals surface area contributed by atoms with Crippen LogP contribution < -0.4 is 10.6 Å². The van der Waals surface area contributed by atoms with Crippen LogP contribution in [-0.2, 0) is 0 Å². The monoisotopic (exact) mass is 275 g/mol. The van der Waals surface area contributed by atoms with E-state index in [1.165, 1.54) is 6.26 Å². The molecule has 0 aliphatic carbocycles. The number of anilines is 2. The molecule has 20 heavy (non-hydrogen) atoms. The summed E-state index contributed by atoms with van der Waals surface area (Å²) in [6.45, 7) is 1.68. The van der Waals surface area contributed by atoms with Crippen LogP contribution in [-0.4, -0.2) is 48.2 Å². The Morgan fingerprint density at radius 3 is 2.60 bits per heavy atom. The molecule has 1 amide bonds. The highest BCUT2D eigenvalue weighted by molar-refractivity contribution is 6.01. The highest BCUT2D eigenvalue weighted by Crippen LogP contribution is 2.08. The fourth-order valence-corrected chi connectivity index (χ4v) is 1.49. The molecule has 0 aliphatic rings. The van der Waals surface area contributed by atoms with Crippen molar-refractivity contribution >= 4 is 17.5 Å². The number of likely N-dealkylation sites (N-methyl/N-ethyl adjacent to an activating group) is 1. The van der Waals surface area contributed by atoms with Crippen LogP contribution in [0.25, 0.3) is 0 Å². The zero-order valence-corrected chi connectivity index (χ0v) is 11.5. The van der Waals surface area contributed by atoms with Gasteiger partial charge in [-0.05, 0) is 38.4 Å². The van der Waals surface area contributed by atoms with Crippen LogP contribution in [0.4, 0.5) is 11.6 Å². The van der Waals surface area contributed by atoms with Gasteiger partial charge in [0.15, 0.2) is 11.6 Å². The SMILES string of the molecule is CN(C)CCNc1ccc(NC(=O)c2ccco2)nn1. The molecule has 7 nitrogen and oxygen atoms in total. The van der Waals surface area contributed by atoms with Crippen LogP contribution in [0.15, 0.2) is 34.9 Å². The fourth-order valence-electron chi connectivity index (χ4n) is 1.49. The molecule has 106 valence electrons. The topological polar surface area (TPSA) is 83.3 Å². The molecule has 0 bridgehead atoms. The summed E-state index contributed by atoms with van der Waals surface area (Å²) in [6, 6.07) is 6.69. The molecule has 0 saturated heterocycles. The number of carbonyl (C=O) groups excluding carboxylic acids is 1. The fraction of sp³-hybridized carbons (Fsp3) is 0.308. The smallest absolute Gasteiger partial charge is 0.292 e. The Kier molecular flexibility index (Phi) is 4.67. The number of nitrogens with one attached hydrogen (secondary N) is 2. The highest BCUT2D eigenvalue weighted by Gasteiger charge is 2.09.